The van der Waals surface area contributed by atoms with Crippen molar-refractivity contribution in [2.24, 2.45) is 0 Å². The Bertz CT molecular complexity index is 71.8. The van der Waals surface area contributed by atoms with Gasteiger partial charge in [-0.2, -0.15) is 18.2 Å². The third-order valence-electron chi connectivity index (χ3n) is 0.556. The molecule has 1 aromatic rings. The Morgan fingerprint density at radius 2 is 0.786 bits per heavy atom. The van der Waals surface area contributed by atoms with E-state index in [0.29, 0.717) is 0 Å². The molecule has 0 spiro atoms. The minimum Gasteiger partial charge on any atom is -1.00 e. The molecule has 0 bridgehead atoms. The summed E-state index contributed by atoms with van der Waals surface area (Å²) in [6.45, 7) is 0. The summed E-state index contributed by atoms with van der Waals surface area (Å²) in [5, 5.41) is 0. The van der Waals surface area contributed by atoms with Crippen molar-refractivity contribution in [1.29, 1.82) is 0 Å². The van der Waals surface area contributed by atoms with Crippen molar-refractivity contribution in [1.82, 2.24) is 0 Å². The summed E-state index contributed by atoms with van der Waals surface area (Å²) in [5.74, 6) is 0. The SMILES string of the molecule is [CH3-].[CH3-].[CH3-].[CH3-].[CH3-].[Cl-].[Cl-].[Cl-].[Zr].c1cc[cH-]c1. The standard InChI is InChI=1S/C5H5.5CH3.3ClH.Zr/c1-2-4-5-3-1;;;;;;;;;/h1-5H;5*1H3;3*1H;/q6*-1;;;;/p-3. The van der Waals surface area contributed by atoms with Gasteiger partial charge in [0.15, 0.2) is 0 Å². The van der Waals surface area contributed by atoms with Gasteiger partial charge < -0.3 is 74.4 Å². The molecule has 0 saturated heterocycles. The summed E-state index contributed by atoms with van der Waals surface area (Å²) < 4.78 is 0. The second kappa shape index (κ2) is 65.0. The van der Waals surface area contributed by atoms with Crippen LogP contribution in [0.2, 0.25) is 0 Å². The van der Waals surface area contributed by atoms with Crippen LogP contribution in [0.1, 0.15) is 0 Å². The van der Waals surface area contributed by atoms with Crippen molar-refractivity contribution in [2.75, 3.05) is 0 Å². The maximum atomic E-state index is 2.00. The topological polar surface area (TPSA) is 0 Å². The number of hydrogen-bond acceptors (Lipinski definition) is 0. The Labute approximate surface area is 130 Å². The number of rotatable bonds is 0. The molecular formula is C10H20Cl3Zr-9. The minimum atomic E-state index is 0. The van der Waals surface area contributed by atoms with E-state index in [0.717, 1.165) is 0 Å². The van der Waals surface area contributed by atoms with Crippen LogP contribution in [0.4, 0.5) is 0 Å². The second-order valence-corrected chi connectivity index (χ2v) is 0.962. The quantitative estimate of drug-likeness (QED) is 0.415. The number of halogens is 3. The fourth-order valence-corrected chi connectivity index (χ4v) is 0.321. The third-order valence-corrected chi connectivity index (χ3v) is 0.556. The molecule has 0 heterocycles. The maximum absolute atomic E-state index is 2.00. The minimum absolute atomic E-state index is 0. The summed E-state index contributed by atoms with van der Waals surface area (Å²) in [7, 11) is 0. The fourth-order valence-electron chi connectivity index (χ4n) is 0.321. The first-order valence-corrected chi connectivity index (χ1v) is 1.67. The maximum Gasteiger partial charge on any atom is 0 e. The van der Waals surface area contributed by atoms with Crippen molar-refractivity contribution in [3.8, 4) is 0 Å². The molecule has 0 amide bonds. The molecule has 94 valence electrons. The average Bonchev–Trinajstić information content (AvgIpc) is 1.76. The first-order valence-electron chi connectivity index (χ1n) is 1.67. The van der Waals surface area contributed by atoms with Crippen LogP contribution in [-0.2, 0) is 26.2 Å². The van der Waals surface area contributed by atoms with E-state index < -0.39 is 0 Å². The molecule has 0 aliphatic carbocycles. The van der Waals surface area contributed by atoms with Crippen LogP contribution in [0.15, 0.2) is 30.3 Å². The molecule has 0 aromatic heterocycles. The second-order valence-electron chi connectivity index (χ2n) is 0.962. The third kappa shape index (κ3) is 51.5. The van der Waals surface area contributed by atoms with Gasteiger partial charge in [0.1, 0.15) is 0 Å². The van der Waals surface area contributed by atoms with E-state index in [4.69, 9.17) is 0 Å². The van der Waals surface area contributed by atoms with Crippen molar-refractivity contribution >= 4 is 0 Å². The zero-order valence-electron chi connectivity index (χ0n) is 9.52. The summed E-state index contributed by atoms with van der Waals surface area (Å²) in [5.41, 5.74) is 0. The Morgan fingerprint density at radius 3 is 0.857 bits per heavy atom. The molecule has 0 N–H and O–H groups in total. The van der Waals surface area contributed by atoms with Crippen LogP contribution in [0.25, 0.3) is 0 Å². The summed E-state index contributed by atoms with van der Waals surface area (Å²) in [6.07, 6.45) is 0. The van der Waals surface area contributed by atoms with E-state index >= 15 is 0 Å². The van der Waals surface area contributed by atoms with E-state index in [2.05, 4.69) is 0 Å². The molecule has 0 radical (unpaired) electrons. The molecule has 4 heteroatoms. The molecule has 0 aliphatic heterocycles. The Morgan fingerprint density at radius 1 is 0.571 bits per heavy atom. The van der Waals surface area contributed by atoms with Gasteiger partial charge in [-0.3, -0.25) is 0 Å². The summed E-state index contributed by atoms with van der Waals surface area (Å²) in [4.78, 5) is 0. The molecule has 0 fully saturated rings. The van der Waals surface area contributed by atoms with Gasteiger partial charge in [-0.25, -0.2) is 12.1 Å². The van der Waals surface area contributed by atoms with Crippen molar-refractivity contribution in [3.63, 3.8) is 0 Å². The van der Waals surface area contributed by atoms with Crippen LogP contribution in [0, 0.1) is 37.1 Å². The van der Waals surface area contributed by atoms with Gasteiger partial charge >= 0.3 is 0 Å². The zero-order chi connectivity index (χ0) is 3.54. The van der Waals surface area contributed by atoms with Gasteiger partial charge in [0.05, 0.1) is 0 Å². The van der Waals surface area contributed by atoms with E-state index in [1.807, 2.05) is 30.3 Å². The summed E-state index contributed by atoms with van der Waals surface area (Å²) >= 11 is 0. The molecule has 1 aromatic carbocycles. The van der Waals surface area contributed by atoms with Crippen LogP contribution in [0.3, 0.4) is 0 Å². The van der Waals surface area contributed by atoms with E-state index in [9.17, 15) is 0 Å². The first kappa shape index (κ1) is 80.6. The van der Waals surface area contributed by atoms with Crippen LogP contribution >= 0.6 is 0 Å². The predicted molar refractivity (Wildman–Crippen MR) is 54.1 cm³/mol. The van der Waals surface area contributed by atoms with Gasteiger partial charge in [-0.15, -0.1) is 0 Å². The Kier molecular flexibility index (Phi) is 374. The molecule has 14 heavy (non-hydrogen) atoms. The van der Waals surface area contributed by atoms with Gasteiger partial charge in [0.25, 0.3) is 0 Å². The largest absolute Gasteiger partial charge is 1.00 e. The van der Waals surface area contributed by atoms with Gasteiger partial charge in [0.2, 0.25) is 0 Å². The first-order chi connectivity index (χ1) is 2.50. The molecule has 0 nitrogen and oxygen atoms in total. The zero-order valence-corrected chi connectivity index (χ0v) is 14.2. The van der Waals surface area contributed by atoms with Crippen molar-refractivity contribution < 1.29 is 63.4 Å². The van der Waals surface area contributed by atoms with E-state index in [1.54, 1.807) is 0 Å². The average molecular weight is 338 g/mol. The molecule has 0 unspecified atom stereocenters. The van der Waals surface area contributed by atoms with Crippen molar-refractivity contribution in [2.45, 2.75) is 0 Å². The normalized spacial score (nSPS) is 2.86. The Hall–Kier alpha value is 1.10. The number of hydrogen-bond donors (Lipinski definition) is 0. The smallest absolute Gasteiger partial charge is 0 e. The Balaban J connectivity index is -0.00000000397. The monoisotopic (exact) mass is 335 g/mol. The summed E-state index contributed by atoms with van der Waals surface area (Å²) in [6, 6.07) is 10.0. The van der Waals surface area contributed by atoms with E-state index in [1.165, 1.54) is 0 Å². The van der Waals surface area contributed by atoms with Gasteiger partial charge in [-0.05, 0) is 0 Å². The van der Waals surface area contributed by atoms with E-state index in [-0.39, 0.29) is 101 Å². The van der Waals surface area contributed by atoms with Gasteiger partial charge in [0, 0.05) is 26.2 Å². The van der Waals surface area contributed by atoms with Crippen LogP contribution in [-0.4, -0.2) is 0 Å². The molecule has 1 rings (SSSR count). The predicted octanol–water partition coefficient (Wildman–Crippen LogP) is -5.33. The molecule has 0 saturated carbocycles. The van der Waals surface area contributed by atoms with Gasteiger partial charge in [-0.1, -0.05) is 0 Å². The van der Waals surface area contributed by atoms with Crippen LogP contribution < -0.4 is 37.2 Å². The molecule has 0 aliphatic rings. The van der Waals surface area contributed by atoms with Crippen molar-refractivity contribution in [3.05, 3.63) is 67.5 Å². The fraction of sp³-hybridized carbons (Fsp3) is 0. The van der Waals surface area contributed by atoms with Crippen LogP contribution in [0.5, 0.6) is 0 Å². The molecular weight excluding hydrogens is 318 g/mol. The molecule has 0 atom stereocenters.